The largest absolute Gasteiger partial charge is 0.325 e. The van der Waals surface area contributed by atoms with E-state index in [0.29, 0.717) is 5.92 Å². The summed E-state index contributed by atoms with van der Waals surface area (Å²) < 4.78 is 14.0. The van der Waals surface area contributed by atoms with E-state index in [1.54, 1.807) is 18.5 Å². The van der Waals surface area contributed by atoms with E-state index in [1.165, 1.54) is 11.3 Å². The summed E-state index contributed by atoms with van der Waals surface area (Å²) in [5, 5.41) is 3.53. The summed E-state index contributed by atoms with van der Waals surface area (Å²) in [6.07, 6.45) is 6.08. The van der Waals surface area contributed by atoms with Gasteiger partial charge in [-0.3, -0.25) is 0 Å². The summed E-state index contributed by atoms with van der Waals surface area (Å²) >= 11 is 0. The second-order valence-corrected chi connectivity index (χ2v) is 7.81. The fraction of sp³-hybridized carbons (Fsp3) is 0.500. The minimum absolute atomic E-state index is 0. The molecular weight excluding hydrogens is 386 g/mol. The van der Waals surface area contributed by atoms with Gasteiger partial charge in [0.15, 0.2) is 0 Å². The molecule has 4 nitrogen and oxygen atoms in total. The number of aryl methyl sites for hydroxylation is 1. The highest BCUT2D eigenvalue weighted by Gasteiger charge is 2.45. The zero-order valence-electron chi connectivity index (χ0n) is 15.4. The van der Waals surface area contributed by atoms with Crippen LogP contribution in [0.15, 0.2) is 24.5 Å². The third-order valence-electron chi connectivity index (χ3n) is 6.26. The highest BCUT2D eigenvalue weighted by molar-refractivity contribution is 5.85. The van der Waals surface area contributed by atoms with Crippen LogP contribution in [-0.4, -0.2) is 29.6 Å². The lowest BCUT2D eigenvalue weighted by atomic mass is 9.76. The molecule has 146 valence electrons. The van der Waals surface area contributed by atoms with Crippen LogP contribution in [0.2, 0.25) is 0 Å². The Labute approximate surface area is 171 Å². The van der Waals surface area contributed by atoms with Gasteiger partial charge in [-0.25, -0.2) is 14.4 Å². The van der Waals surface area contributed by atoms with Crippen LogP contribution in [-0.2, 0) is 11.8 Å². The van der Waals surface area contributed by atoms with Gasteiger partial charge in [-0.2, -0.15) is 0 Å². The number of hydrogen-bond acceptors (Lipinski definition) is 4. The van der Waals surface area contributed by atoms with Crippen molar-refractivity contribution in [3.8, 4) is 0 Å². The number of nitrogens with one attached hydrogen (secondary N) is 1. The van der Waals surface area contributed by atoms with Gasteiger partial charge in [-0.1, -0.05) is 6.92 Å². The summed E-state index contributed by atoms with van der Waals surface area (Å²) in [6.45, 7) is 5.09. The van der Waals surface area contributed by atoms with E-state index >= 15 is 0 Å². The zero-order valence-corrected chi connectivity index (χ0v) is 17.0. The van der Waals surface area contributed by atoms with Gasteiger partial charge in [0.25, 0.3) is 0 Å². The monoisotopic (exact) mass is 410 g/mol. The summed E-state index contributed by atoms with van der Waals surface area (Å²) in [6, 6.07) is 5.25. The highest BCUT2D eigenvalue weighted by Crippen LogP contribution is 2.49. The van der Waals surface area contributed by atoms with Crippen LogP contribution in [0.1, 0.15) is 48.9 Å². The smallest absolute Gasteiger partial charge is 0.140 e. The van der Waals surface area contributed by atoms with Crippen molar-refractivity contribution in [2.24, 2.45) is 0 Å². The van der Waals surface area contributed by atoms with E-state index in [2.05, 4.69) is 27.1 Å². The van der Waals surface area contributed by atoms with E-state index in [9.17, 15) is 4.39 Å². The normalized spacial score (nSPS) is 25.6. The Balaban J connectivity index is 0.00000105. The second-order valence-electron chi connectivity index (χ2n) is 7.81. The van der Waals surface area contributed by atoms with Gasteiger partial charge in [-0.15, -0.1) is 24.8 Å². The molecule has 1 aromatic heterocycles. The predicted molar refractivity (Wildman–Crippen MR) is 110 cm³/mol. The molecule has 2 atom stereocenters. The van der Waals surface area contributed by atoms with E-state index < -0.39 is 0 Å². The van der Waals surface area contributed by atoms with Gasteiger partial charge in [-0.05, 0) is 61.9 Å². The van der Waals surface area contributed by atoms with Crippen molar-refractivity contribution in [3.63, 3.8) is 0 Å². The van der Waals surface area contributed by atoms with Crippen molar-refractivity contribution in [2.45, 2.75) is 43.9 Å². The minimum Gasteiger partial charge on any atom is -0.325 e. The highest BCUT2D eigenvalue weighted by atomic mass is 35.5. The molecule has 0 bridgehead atoms. The maximum absolute atomic E-state index is 14.0. The van der Waals surface area contributed by atoms with Crippen LogP contribution in [0.3, 0.4) is 0 Å². The van der Waals surface area contributed by atoms with Crippen molar-refractivity contribution >= 4 is 36.3 Å². The van der Waals surface area contributed by atoms with E-state index in [0.717, 1.165) is 62.4 Å². The number of rotatable bonds is 1. The van der Waals surface area contributed by atoms with Gasteiger partial charge in [0, 0.05) is 35.4 Å². The molecule has 1 saturated heterocycles. The fourth-order valence-electron chi connectivity index (χ4n) is 5.00. The summed E-state index contributed by atoms with van der Waals surface area (Å²) in [4.78, 5) is 11.5. The Morgan fingerprint density at radius 3 is 2.89 bits per heavy atom. The Bertz CT molecular complexity index is 839. The number of anilines is 2. The third kappa shape index (κ3) is 3.10. The molecule has 0 amide bonds. The Hall–Kier alpha value is -1.43. The molecule has 1 aromatic carbocycles. The molecule has 0 unspecified atom stereocenters. The lowest BCUT2D eigenvalue weighted by molar-refractivity contribution is 0.332. The van der Waals surface area contributed by atoms with Crippen LogP contribution >= 0.6 is 24.8 Å². The first-order chi connectivity index (χ1) is 12.2. The summed E-state index contributed by atoms with van der Waals surface area (Å²) in [5.41, 5.74) is 4.71. The molecule has 2 aliphatic heterocycles. The maximum atomic E-state index is 14.0. The second kappa shape index (κ2) is 7.53. The molecule has 0 saturated carbocycles. The van der Waals surface area contributed by atoms with E-state index in [4.69, 9.17) is 0 Å². The number of piperidine rings is 1. The first kappa shape index (κ1) is 20.3. The molecule has 3 aliphatic rings. The average molecular weight is 411 g/mol. The Morgan fingerprint density at radius 1 is 1.26 bits per heavy atom. The topological polar surface area (TPSA) is 41.1 Å². The Kier molecular flexibility index (Phi) is 5.67. The van der Waals surface area contributed by atoms with Crippen molar-refractivity contribution in [1.82, 2.24) is 15.3 Å². The minimum atomic E-state index is -0.146. The van der Waals surface area contributed by atoms with Gasteiger partial charge >= 0.3 is 0 Å². The number of aromatic nitrogens is 2. The number of benzene rings is 1. The molecule has 2 aromatic rings. The summed E-state index contributed by atoms with van der Waals surface area (Å²) in [5.74, 6) is 1.37. The number of nitrogens with zero attached hydrogens (tertiary/aromatic N) is 3. The third-order valence-corrected chi connectivity index (χ3v) is 6.26. The molecule has 3 heterocycles. The maximum Gasteiger partial charge on any atom is 0.140 e. The number of halogens is 3. The predicted octanol–water partition coefficient (Wildman–Crippen LogP) is 4.28. The van der Waals surface area contributed by atoms with Crippen LogP contribution in [0.4, 0.5) is 15.9 Å². The Morgan fingerprint density at radius 2 is 2.11 bits per heavy atom. The number of fused-ring (bicyclic) bond motifs is 3. The van der Waals surface area contributed by atoms with Crippen molar-refractivity contribution < 1.29 is 4.39 Å². The van der Waals surface area contributed by atoms with Crippen LogP contribution < -0.4 is 10.2 Å². The van der Waals surface area contributed by atoms with Crippen LogP contribution in [0.25, 0.3) is 0 Å². The first-order valence-electron chi connectivity index (χ1n) is 9.30. The first-order valence-corrected chi connectivity index (χ1v) is 9.30. The van der Waals surface area contributed by atoms with Crippen LogP contribution in [0, 0.1) is 5.82 Å². The molecule has 0 radical (unpaired) electrons. The standard InChI is InChI=1S/C20H23FN4.2ClH/c1-13-3-5-16-18(13)19(24-12-23-16)25-11-20(7-2-8-22-10-20)15-9-14(21)4-6-17(15)25;;/h4,6,9,12-13,22H,2-3,5,7-8,10-11H2,1H3;2*1H/t13-,20+;;/m1../s1. The van der Waals surface area contributed by atoms with E-state index in [-0.39, 0.29) is 36.0 Å². The lowest BCUT2D eigenvalue weighted by Gasteiger charge is -2.35. The number of hydrogen-bond donors (Lipinski definition) is 1. The summed E-state index contributed by atoms with van der Waals surface area (Å²) in [7, 11) is 0. The van der Waals surface area contributed by atoms with Crippen molar-refractivity contribution in [1.29, 1.82) is 0 Å². The molecule has 1 spiro atoms. The zero-order chi connectivity index (χ0) is 17.0. The van der Waals surface area contributed by atoms with Gasteiger partial charge < -0.3 is 10.2 Å². The fourth-order valence-corrected chi connectivity index (χ4v) is 5.00. The molecule has 5 rings (SSSR count). The van der Waals surface area contributed by atoms with Gasteiger partial charge in [0.2, 0.25) is 0 Å². The molecule has 27 heavy (non-hydrogen) atoms. The SMILES string of the molecule is C[C@@H]1CCc2ncnc(N3C[C@@]4(CCCNC4)c4cc(F)ccc43)c21.Cl.Cl. The van der Waals surface area contributed by atoms with Gasteiger partial charge in [0.05, 0.1) is 0 Å². The molecular formula is C20H25Cl2FN4. The van der Waals surface area contributed by atoms with E-state index in [1.807, 2.05) is 6.07 Å². The molecule has 7 heteroatoms. The lowest BCUT2D eigenvalue weighted by Crippen LogP contribution is -2.46. The van der Waals surface area contributed by atoms with Gasteiger partial charge in [0.1, 0.15) is 18.0 Å². The van der Waals surface area contributed by atoms with Crippen molar-refractivity contribution in [3.05, 3.63) is 47.2 Å². The van der Waals surface area contributed by atoms with Crippen molar-refractivity contribution in [2.75, 3.05) is 24.5 Å². The average Bonchev–Trinajstić information content (AvgIpc) is 3.15. The molecule has 1 N–H and O–H groups in total. The molecule has 1 fully saturated rings. The molecule has 1 aliphatic carbocycles. The quantitative estimate of drug-likeness (QED) is 0.761. The van der Waals surface area contributed by atoms with Crippen LogP contribution in [0.5, 0.6) is 0 Å².